The number of rotatable bonds is 4. The molecular formula is C24H17F4N7OS. The third-order valence-electron chi connectivity index (χ3n) is 5.49. The summed E-state index contributed by atoms with van der Waals surface area (Å²) >= 11 is 1.45. The summed E-state index contributed by atoms with van der Waals surface area (Å²) in [5.74, 6) is -0.606. The van der Waals surface area contributed by atoms with E-state index in [9.17, 15) is 22.4 Å². The highest BCUT2D eigenvalue weighted by Gasteiger charge is 2.31. The fraction of sp³-hybridized carbons (Fsp3) is 0.0833. The van der Waals surface area contributed by atoms with E-state index >= 15 is 0 Å². The van der Waals surface area contributed by atoms with Gasteiger partial charge in [-0.15, -0.1) is 11.3 Å². The van der Waals surface area contributed by atoms with Gasteiger partial charge in [0, 0.05) is 18.3 Å². The van der Waals surface area contributed by atoms with E-state index < -0.39 is 29.3 Å². The van der Waals surface area contributed by atoms with Crippen LogP contribution in [0.1, 0.15) is 5.56 Å². The van der Waals surface area contributed by atoms with Crippen LogP contribution in [0, 0.1) is 5.82 Å². The molecule has 0 radical (unpaired) electrons. The summed E-state index contributed by atoms with van der Waals surface area (Å²) < 4.78 is 54.5. The van der Waals surface area contributed by atoms with Gasteiger partial charge in [0.15, 0.2) is 0 Å². The molecule has 188 valence electrons. The number of nitrogens with zero attached hydrogens (tertiary/aromatic N) is 4. The van der Waals surface area contributed by atoms with Crippen LogP contribution >= 0.6 is 11.3 Å². The number of thiophene rings is 1. The van der Waals surface area contributed by atoms with Gasteiger partial charge in [-0.2, -0.15) is 13.2 Å². The van der Waals surface area contributed by atoms with Crippen LogP contribution in [0.15, 0.2) is 61.2 Å². The van der Waals surface area contributed by atoms with Crippen molar-refractivity contribution >= 4 is 44.8 Å². The highest BCUT2D eigenvalue weighted by Crippen LogP contribution is 2.39. The number of benzene rings is 2. The van der Waals surface area contributed by atoms with E-state index in [0.717, 1.165) is 26.4 Å². The fourth-order valence-electron chi connectivity index (χ4n) is 3.72. The zero-order valence-electron chi connectivity index (χ0n) is 19.0. The lowest BCUT2D eigenvalue weighted by atomic mass is 10.1. The van der Waals surface area contributed by atoms with E-state index in [1.54, 1.807) is 30.6 Å². The number of nitrogens with two attached hydrogens (primary N) is 1. The van der Waals surface area contributed by atoms with Crippen LogP contribution < -0.4 is 16.4 Å². The maximum atomic E-state index is 13.9. The highest BCUT2D eigenvalue weighted by molar-refractivity contribution is 7.21. The monoisotopic (exact) mass is 527 g/mol. The minimum Gasteiger partial charge on any atom is -0.383 e. The molecule has 0 unspecified atom stereocenters. The third kappa shape index (κ3) is 4.80. The molecule has 0 aliphatic rings. The number of nitrogens with one attached hydrogen (secondary N) is 2. The van der Waals surface area contributed by atoms with Crippen molar-refractivity contribution in [2.45, 2.75) is 6.18 Å². The van der Waals surface area contributed by atoms with Gasteiger partial charge in [-0.05, 0) is 36.4 Å². The first-order valence-corrected chi connectivity index (χ1v) is 11.5. The number of aryl methyl sites for hydroxylation is 1. The molecule has 0 atom stereocenters. The van der Waals surface area contributed by atoms with E-state index in [-0.39, 0.29) is 0 Å². The van der Waals surface area contributed by atoms with Crippen LogP contribution in [0.5, 0.6) is 0 Å². The molecule has 0 aliphatic heterocycles. The van der Waals surface area contributed by atoms with Crippen molar-refractivity contribution in [2.75, 3.05) is 16.4 Å². The predicted molar refractivity (Wildman–Crippen MR) is 134 cm³/mol. The number of nitrogen functional groups attached to an aromatic ring is 1. The molecule has 5 aromatic rings. The zero-order chi connectivity index (χ0) is 26.3. The smallest absolute Gasteiger partial charge is 0.383 e. The topological polar surface area (TPSA) is 111 Å². The summed E-state index contributed by atoms with van der Waals surface area (Å²) in [5, 5.41) is 5.34. The molecular weight excluding hydrogens is 510 g/mol. The van der Waals surface area contributed by atoms with Crippen LogP contribution in [0.2, 0.25) is 0 Å². The van der Waals surface area contributed by atoms with Crippen LogP contribution in [-0.4, -0.2) is 25.6 Å². The largest absolute Gasteiger partial charge is 0.416 e. The lowest BCUT2D eigenvalue weighted by Crippen LogP contribution is -2.20. The average molecular weight is 528 g/mol. The number of fused-ring (bicyclic) bond motifs is 1. The number of hydrogen-bond donors (Lipinski definition) is 3. The Bertz CT molecular complexity index is 1630. The number of anilines is 3. The van der Waals surface area contributed by atoms with Crippen molar-refractivity contribution in [1.29, 1.82) is 0 Å². The quantitative estimate of drug-likeness (QED) is 0.243. The molecule has 5 rings (SSSR count). The first-order valence-electron chi connectivity index (χ1n) is 10.7. The molecule has 0 spiro atoms. The third-order valence-corrected chi connectivity index (χ3v) is 6.54. The Hall–Kier alpha value is -4.52. The number of carbonyl (C=O) groups is 1. The van der Waals surface area contributed by atoms with Gasteiger partial charge in [-0.3, -0.25) is 0 Å². The molecule has 3 aromatic heterocycles. The van der Waals surface area contributed by atoms with Gasteiger partial charge < -0.3 is 20.9 Å². The standard InChI is InChI=1S/C24H17F4N7OS/c1-35-11-32-19(20(35)18-9-15-21(29)30-10-31-22(15)37-18)12-2-5-14(6-3-12)33-23(36)34-17-8-13(24(26,27)28)4-7-16(17)25/h2-11H,1H3,(H2,29,30,31)(H2,33,34,36). The maximum Gasteiger partial charge on any atom is 0.416 e. The van der Waals surface area contributed by atoms with E-state index in [1.807, 2.05) is 17.7 Å². The summed E-state index contributed by atoms with van der Waals surface area (Å²) in [6.07, 6.45) is -1.59. The number of alkyl halides is 3. The van der Waals surface area contributed by atoms with Crippen molar-refractivity contribution in [2.24, 2.45) is 7.05 Å². The number of urea groups is 1. The SMILES string of the molecule is Cn1cnc(-c2ccc(NC(=O)Nc3cc(C(F)(F)F)ccc3F)cc2)c1-c1cc2c(N)ncnc2s1. The predicted octanol–water partition coefficient (Wildman–Crippen LogP) is 6.14. The minimum atomic E-state index is -4.67. The molecule has 0 bridgehead atoms. The normalized spacial score (nSPS) is 11.6. The summed E-state index contributed by atoms with van der Waals surface area (Å²) in [6.45, 7) is 0. The Labute approximate surface area is 210 Å². The van der Waals surface area contributed by atoms with Gasteiger partial charge in [-0.25, -0.2) is 24.1 Å². The van der Waals surface area contributed by atoms with Crippen molar-refractivity contribution in [1.82, 2.24) is 19.5 Å². The number of amides is 2. The second kappa shape index (κ2) is 9.17. The van der Waals surface area contributed by atoms with Gasteiger partial charge in [-0.1, -0.05) is 12.1 Å². The second-order valence-electron chi connectivity index (χ2n) is 7.99. The van der Waals surface area contributed by atoms with E-state index in [1.165, 1.54) is 17.7 Å². The Morgan fingerprint density at radius 1 is 1.03 bits per heavy atom. The Morgan fingerprint density at radius 2 is 1.78 bits per heavy atom. The van der Waals surface area contributed by atoms with Gasteiger partial charge in [0.2, 0.25) is 0 Å². The Morgan fingerprint density at radius 3 is 2.49 bits per heavy atom. The highest BCUT2D eigenvalue weighted by atomic mass is 32.1. The summed E-state index contributed by atoms with van der Waals surface area (Å²) in [7, 11) is 1.86. The molecule has 2 amide bonds. The van der Waals surface area contributed by atoms with Crippen molar-refractivity contribution in [3.8, 4) is 21.8 Å². The summed E-state index contributed by atoms with van der Waals surface area (Å²) in [6, 6.07) is 9.46. The van der Waals surface area contributed by atoms with Crippen LogP contribution in [0.4, 0.5) is 39.5 Å². The number of carbonyl (C=O) groups excluding carboxylic acids is 1. The zero-order valence-corrected chi connectivity index (χ0v) is 19.8. The number of halogens is 4. The molecule has 0 fully saturated rings. The van der Waals surface area contributed by atoms with E-state index in [0.29, 0.717) is 35.4 Å². The Balaban J connectivity index is 1.36. The van der Waals surface area contributed by atoms with Crippen LogP contribution in [-0.2, 0) is 13.2 Å². The van der Waals surface area contributed by atoms with Gasteiger partial charge in [0.1, 0.15) is 22.8 Å². The van der Waals surface area contributed by atoms with Crippen molar-refractivity contribution in [3.63, 3.8) is 0 Å². The molecule has 13 heteroatoms. The molecule has 4 N–H and O–H groups in total. The lowest BCUT2D eigenvalue weighted by Gasteiger charge is -2.12. The van der Waals surface area contributed by atoms with Crippen LogP contribution in [0.25, 0.3) is 32.0 Å². The molecule has 8 nitrogen and oxygen atoms in total. The van der Waals surface area contributed by atoms with E-state index in [4.69, 9.17) is 5.73 Å². The lowest BCUT2D eigenvalue weighted by molar-refractivity contribution is -0.137. The molecule has 37 heavy (non-hydrogen) atoms. The number of aromatic nitrogens is 4. The molecule has 0 aliphatic carbocycles. The number of imidazole rings is 1. The fourth-order valence-corrected chi connectivity index (χ4v) is 4.81. The summed E-state index contributed by atoms with van der Waals surface area (Å²) in [5.41, 5.74) is 6.92. The van der Waals surface area contributed by atoms with Gasteiger partial charge in [0.25, 0.3) is 0 Å². The summed E-state index contributed by atoms with van der Waals surface area (Å²) in [4.78, 5) is 26.7. The van der Waals surface area contributed by atoms with Gasteiger partial charge in [0.05, 0.1) is 39.2 Å². The maximum absolute atomic E-state index is 13.9. The van der Waals surface area contributed by atoms with Gasteiger partial charge >= 0.3 is 12.2 Å². The molecule has 2 aromatic carbocycles. The molecule has 3 heterocycles. The number of hydrogen-bond acceptors (Lipinski definition) is 6. The van der Waals surface area contributed by atoms with Crippen LogP contribution in [0.3, 0.4) is 0 Å². The first-order chi connectivity index (χ1) is 17.6. The minimum absolute atomic E-state index is 0.344. The first kappa shape index (κ1) is 24.2. The molecule has 0 saturated heterocycles. The molecule has 0 saturated carbocycles. The van der Waals surface area contributed by atoms with E-state index in [2.05, 4.69) is 25.6 Å². The van der Waals surface area contributed by atoms with Crippen molar-refractivity contribution in [3.05, 3.63) is 72.6 Å². The Kier molecular flexibility index (Phi) is 5.99. The average Bonchev–Trinajstić information content (AvgIpc) is 3.44. The second-order valence-corrected chi connectivity index (χ2v) is 9.02. The van der Waals surface area contributed by atoms with Crippen molar-refractivity contribution < 1.29 is 22.4 Å².